The van der Waals surface area contributed by atoms with Crippen molar-refractivity contribution in [3.63, 3.8) is 0 Å². The molecule has 1 unspecified atom stereocenters. The number of nitrogens with one attached hydrogen (secondary N) is 5. The molecule has 83 heavy (non-hydrogen) atoms. The molecule has 0 spiro atoms. The highest BCUT2D eigenvalue weighted by Gasteiger charge is 2.24. The summed E-state index contributed by atoms with van der Waals surface area (Å²) in [6, 6.07) is 5.14. The van der Waals surface area contributed by atoms with Crippen molar-refractivity contribution < 1.29 is 86.4 Å². The molecule has 0 bridgehead atoms. The highest BCUT2D eigenvalue weighted by Crippen LogP contribution is 2.19. The lowest BCUT2D eigenvalue weighted by Gasteiger charge is -2.31. The molecular weight excluding hydrogens is 1080 g/mol. The van der Waals surface area contributed by atoms with Crippen LogP contribution in [0.4, 0.5) is 0 Å². The number of amides is 4. The number of aromatic carboxylic acids is 1. The van der Waals surface area contributed by atoms with E-state index in [1.54, 1.807) is 18.4 Å². The van der Waals surface area contributed by atoms with Gasteiger partial charge in [0.05, 0.1) is 91.5 Å². The van der Waals surface area contributed by atoms with Crippen molar-refractivity contribution in [1.82, 2.24) is 26.6 Å². The van der Waals surface area contributed by atoms with Gasteiger partial charge in [-0.2, -0.15) is 0 Å². The number of carbonyl (C=O) groups is 6. The number of benzene rings is 1. The Morgan fingerprint density at radius 3 is 1.47 bits per heavy atom. The molecule has 23 nitrogen and oxygen atoms in total. The molecule has 0 saturated heterocycles. The lowest BCUT2D eigenvalue weighted by molar-refractivity contribution is -0.142. The average molecular weight is 1180 g/mol. The quantitative estimate of drug-likeness (QED) is 0.0281. The van der Waals surface area contributed by atoms with Gasteiger partial charge in [0, 0.05) is 39.0 Å². The zero-order valence-corrected chi connectivity index (χ0v) is 50.2. The Kier molecular flexibility index (Phi) is 50.5. The molecule has 4 amide bonds. The van der Waals surface area contributed by atoms with E-state index in [1.165, 1.54) is 76.3 Å². The summed E-state index contributed by atoms with van der Waals surface area (Å²) in [4.78, 5) is 81.9. The number of hydrogen-bond donors (Lipinski definition) is 7. The third-order valence-electron chi connectivity index (χ3n) is 13.1. The molecule has 1 aromatic rings. The van der Waals surface area contributed by atoms with Gasteiger partial charge in [-0.15, -0.1) is 0 Å². The minimum atomic E-state index is -1.20. The van der Waals surface area contributed by atoms with Gasteiger partial charge >= 0.3 is 11.9 Å². The van der Waals surface area contributed by atoms with E-state index in [0.717, 1.165) is 57.8 Å². The predicted octanol–water partition coefficient (Wildman–Crippen LogP) is 6.22. The van der Waals surface area contributed by atoms with E-state index in [9.17, 15) is 38.7 Å². The number of carboxylic acids is 2. The van der Waals surface area contributed by atoms with E-state index >= 15 is 0 Å². The maximum atomic E-state index is 12.4. The van der Waals surface area contributed by atoms with E-state index in [1.807, 2.05) is 6.92 Å². The molecule has 0 fully saturated rings. The Bertz CT molecular complexity index is 1800. The first kappa shape index (κ1) is 76.2. The number of unbranched alkanes of at least 4 members (excludes halogenated alkanes) is 17. The highest BCUT2D eigenvalue weighted by atomic mass is 16.6. The average Bonchev–Trinajstić information content (AvgIpc) is 3.49. The van der Waals surface area contributed by atoms with Gasteiger partial charge in [0.15, 0.2) is 0 Å². The first-order chi connectivity index (χ1) is 40.4. The third kappa shape index (κ3) is 49.2. The Labute approximate surface area is 494 Å². The standard InChI is InChI=1S/C60H104N5O18/c1-3-4-5-6-7-8-9-10-11-14-17-20-29-60(2,64-33-39-78-44-46-81-50-56(69)62-31-37-75-41-42-79-40-34-66)83-48-47-77-38-32-63-57(70)49-80-45-43-76-36-30-61-54(67)28-27-53(59(73)74)65-55(68)22-19-16-13-12-15-18-21-35-82-52-25-23-51(24-26-52)58(71)72/h23-26,53,64H,3-22,27-33,35-50H2,1-2H3,(H,61,67)(H,62,69)(H,63,70)(H,65,68)(H,71,72)(H,73,74)/t53-,60?/m0/s1. The first-order valence-corrected chi connectivity index (χ1v) is 30.5. The summed E-state index contributed by atoms with van der Waals surface area (Å²) in [7, 11) is 0. The van der Waals surface area contributed by atoms with Gasteiger partial charge in [0.2, 0.25) is 29.9 Å². The van der Waals surface area contributed by atoms with Gasteiger partial charge in [-0.3, -0.25) is 29.3 Å². The van der Waals surface area contributed by atoms with Gasteiger partial charge in [0.1, 0.15) is 37.3 Å². The van der Waals surface area contributed by atoms with E-state index in [4.69, 9.17) is 47.7 Å². The Morgan fingerprint density at radius 1 is 0.494 bits per heavy atom. The zero-order chi connectivity index (χ0) is 60.5. The van der Waals surface area contributed by atoms with Gasteiger partial charge in [0.25, 0.3) is 0 Å². The number of hydrogen-bond acceptors (Lipinski definition) is 17. The lowest BCUT2D eigenvalue weighted by Crippen LogP contribution is -2.47. The summed E-state index contributed by atoms with van der Waals surface area (Å²) >= 11 is 0. The van der Waals surface area contributed by atoms with Crippen LogP contribution in [0.2, 0.25) is 0 Å². The van der Waals surface area contributed by atoms with E-state index in [-0.39, 0.29) is 108 Å². The van der Waals surface area contributed by atoms with Crippen molar-refractivity contribution in [3.05, 3.63) is 29.8 Å². The van der Waals surface area contributed by atoms with Crippen LogP contribution in [0.5, 0.6) is 5.75 Å². The van der Waals surface area contributed by atoms with Crippen LogP contribution in [0.1, 0.15) is 172 Å². The maximum absolute atomic E-state index is 12.4. The molecule has 1 aromatic carbocycles. The predicted molar refractivity (Wildman–Crippen MR) is 313 cm³/mol. The summed E-state index contributed by atoms with van der Waals surface area (Å²) in [5, 5.41) is 32.8. The second-order valence-corrected chi connectivity index (χ2v) is 20.3. The van der Waals surface area contributed by atoms with Crippen molar-refractivity contribution in [2.24, 2.45) is 0 Å². The van der Waals surface area contributed by atoms with Crippen LogP contribution in [0.15, 0.2) is 24.3 Å². The highest BCUT2D eigenvalue weighted by molar-refractivity contribution is 5.87. The summed E-state index contributed by atoms with van der Waals surface area (Å²) in [6.07, 6.45) is 24.0. The molecular formula is C60H104N5O18. The summed E-state index contributed by atoms with van der Waals surface area (Å²) in [6.45, 7) is 9.38. The lowest BCUT2D eigenvalue weighted by atomic mass is 10.0. The summed E-state index contributed by atoms with van der Waals surface area (Å²) in [5.41, 5.74) is -0.373. The van der Waals surface area contributed by atoms with Gasteiger partial charge in [-0.1, -0.05) is 110 Å². The second kappa shape index (κ2) is 55.0. The fourth-order valence-electron chi connectivity index (χ4n) is 8.37. The normalized spacial score (nSPS) is 12.3. The molecule has 0 aliphatic rings. The van der Waals surface area contributed by atoms with Crippen molar-refractivity contribution in [1.29, 1.82) is 0 Å². The molecule has 0 aliphatic carbocycles. The van der Waals surface area contributed by atoms with Crippen LogP contribution in [-0.4, -0.2) is 196 Å². The Hall–Kier alpha value is -4.85. The number of carbonyl (C=O) groups excluding carboxylic acids is 5. The fraction of sp³-hybridized carbons (Fsp3) is 0.783. The monoisotopic (exact) mass is 1180 g/mol. The van der Waals surface area contributed by atoms with E-state index < -0.39 is 23.7 Å². The molecule has 23 heteroatoms. The van der Waals surface area contributed by atoms with Crippen LogP contribution in [0, 0.1) is 0 Å². The minimum absolute atomic E-state index is 0.0508. The largest absolute Gasteiger partial charge is 0.494 e. The summed E-state index contributed by atoms with van der Waals surface area (Å²) in [5.74, 6) is -2.83. The number of ether oxygens (including phenoxy) is 9. The van der Waals surface area contributed by atoms with E-state index in [2.05, 4.69) is 33.5 Å². The zero-order valence-electron chi connectivity index (χ0n) is 50.2. The molecule has 477 valence electrons. The molecule has 0 heterocycles. The summed E-state index contributed by atoms with van der Waals surface area (Å²) < 4.78 is 50.0. The van der Waals surface area contributed by atoms with Crippen LogP contribution in [0.3, 0.4) is 0 Å². The van der Waals surface area contributed by atoms with Crippen LogP contribution < -0.4 is 31.3 Å². The van der Waals surface area contributed by atoms with Crippen molar-refractivity contribution in [2.45, 2.75) is 173 Å². The molecule has 1 radical (unpaired) electrons. The smallest absolute Gasteiger partial charge is 0.335 e. The van der Waals surface area contributed by atoms with Crippen molar-refractivity contribution >= 4 is 41.9 Å². The number of rotatable bonds is 62. The Morgan fingerprint density at radius 2 is 0.952 bits per heavy atom. The SMILES string of the molecule is CCCCCCCCCCCCCCC(C)(NCCOCCOCC(=O)NCCOCCOC[C]=O)OCCOCCNC(=O)COCCOCCNC(=O)CC[C@H](NC(=O)CCCCCCCCCOc1ccc(C(=O)O)cc1)C(=O)O. The van der Waals surface area contributed by atoms with Crippen molar-refractivity contribution in [3.8, 4) is 5.75 Å². The third-order valence-corrected chi connectivity index (χ3v) is 13.1. The van der Waals surface area contributed by atoms with Crippen LogP contribution in [-0.2, 0) is 66.7 Å². The topological polar surface area (TPSA) is 303 Å². The molecule has 2 atom stereocenters. The first-order valence-electron chi connectivity index (χ1n) is 30.5. The maximum Gasteiger partial charge on any atom is 0.335 e. The fourth-order valence-corrected chi connectivity index (χ4v) is 8.37. The second-order valence-electron chi connectivity index (χ2n) is 20.3. The number of aliphatic carboxylic acids is 1. The van der Waals surface area contributed by atoms with Crippen molar-refractivity contribution in [2.75, 3.05) is 132 Å². The van der Waals surface area contributed by atoms with Crippen LogP contribution in [0.25, 0.3) is 0 Å². The van der Waals surface area contributed by atoms with E-state index in [0.29, 0.717) is 84.7 Å². The molecule has 0 aromatic heterocycles. The molecule has 0 saturated carbocycles. The minimum Gasteiger partial charge on any atom is -0.494 e. The van der Waals surface area contributed by atoms with Gasteiger partial charge in [-0.25, -0.2) is 9.59 Å². The Balaban J connectivity index is 2.16. The molecule has 7 N–H and O–H groups in total. The van der Waals surface area contributed by atoms with Gasteiger partial charge < -0.3 is 74.1 Å². The van der Waals surface area contributed by atoms with Crippen LogP contribution >= 0.6 is 0 Å². The van der Waals surface area contributed by atoms with Gasteiger partial charge in [-0.05, 0) is 63.3 Å². The molecule has 0 aliphatic heterocycles. The molecule has 1 rings (SSSR count). The number of carboxylic acid groups (broad SMARTS) is 2.